The van der Waals surface area contributed by atoms with Gasteiger partial charge in [-0.25, -0.2) is 8.78 Å². The first kappa shape index (κ1) is 8.42. The highest BCUT2D eigenvalue weighted by atomic mass is 19.3. The minimum Gasteiger partial charge on any atom is -0.236 e. The Kier molecular flexibility index (Phi) is 1.47. The Labute approximate surface area is 57.5 Å². The molecule has 0 radical (unpaired) electrons. The van der Waals surface area contributed by atoms with E-state index in [0.29, 0.717) is 0 Å². The number of alkyl halides is 5. The number of hydrogen-bond acceptors (Lipinski definition) is 0. The van der Waals surface area contributed by atoms with E-state index in [1.807, 2.05) is 0 Å². The van der Waals surface area contributed by atoms with Crippen molar-refractivity contribution in [3.8, 4) is 0 Å². The number of halogens is 6. The summed E-state index contributed by atoms with van der Waals surface area (Å²) in [6, 6.07) is 0. The molecule has 0 fully saturated rings. The van der Waals surface area contributed by atoms with Crippen LogP contribution in [0, 0.1) is 0 Å². The van der Waals surface area contributed by atoms with E-state index in [0.717, 1.165) is 0 Å². The van der Waals surface area contributed by atoms with E-state index in [1.54, 1.807) is 0 Å². The lowest BCUT2D eigenvalue weighted by atomic mass is 10.2. The van der Waals surface area contributed by atoms with Crippen LogP contribution >= 0.6 is 0 Å². The SMILES string of the molecule is FC1=CC(F)C(F)(F)C1(F)F. The van der Waals surface area contributed by atoms with E-state index in [2.05, 4.69) is 0 Å². The first-order valence-corrected chi connectivity index (χ1v) is 2.57. The molecular weight excluding hydrogens is 174 g/mol. The number of allylic oxidation sites excluding steroid dienone is 2. The Balaban J connectivity index is 3.07. The molecule has 0 aromatic heterocycles. The molecule has 0 aromatic rings. The molecule has 11 heavy (non-hydrogen) atoms. The van der Waals surface area contributed by atoms with Gasteiger partial charge < -0.3 is 0 Å². The van der Waals surface area contributed by atoms with E-state index in [9.17, 15) is 26.3 Å². The monoisotopic (exact) mass is 176 g/mol. The zero-order valence-corrected chi connectivity index (χ0v) is 4.92. The highest BCUT2D eigenvalue weighted by Crippen LogP contribution is 2.49. The van der Waals surface area contributed by atoms with Crippen LogP contribution < -0.4 is 0 Å². The summed E-state index contributed by atoms with van der Waals surface area (Å²) in [6.07, 6.45) is -3.66. The highest BCUT2D eigenvalue weighted by Gasteiger charge is 2.68. The lowest BCUT2D eigenvalue weighted by Gasteiger charge is -2.19. The van der Waals surface area contributed by atoms with E-state index in [4.69, 9.17) is 0 Å². The summed E-state index contributed by atoms with van der Waals surface area (Å²) in [5.74, 6) is -12.3. The van der Waals surface area contributed by atoms with Gasteiger partial charge in [-0.2, -0.15) is 17.6 Å². The van der Waals surface area contributed by atoms with Gasteiger partial charge in [-0.05, 0) is 6.08 Å². The first-order valence-electron chi connectivity index (χ1n) is 2.57. The molecule has 6 heteroatoms. The van der Waals surface area contributed by atoms with E-state index in [1.165, 1.54) is 0 Å². The van der Waals surface area contributed by atoms with Gasteiger partial charge in [0.1, 0.15) is 0 Å². The van der Waals surface area contributed by atoms with Gasteiger partial charge in [-0.15, -0.1) is 0 Å². The molecule has 0 N–H and O–H groups in total. The molecule has 0 bridgehead atoms. The van der Waals surface area contributed by atoms with Crippen molar-refractivity contribution in [1.82, 2.24) is 0 Å². The van der Waals surface area contributed by atoms with Crippen LogP contribution in [0.2, 0.25) is 0 Å². The summed E-state index contributed by atoms with van der Waals surface area (Å²) in [5.41, 5.74) is 0. The second-order valence-corrected chi connectivity index (χ2v) is 2.11. The van der Waals surface area contributed by atoms with E-state index in [-0.39, 0.29) is 0 Å². The summed E-state index contributed by atoms with van der Waals surface area (Å²) in [7, 11) is 0. The topological polar surface area (TPSA) is 0 Å². The normalized spacial score (nSPS) is 33.6. The molecule has 0 amide bonds. The maximum atomic E-state index is 11.9. The summed E-state index contributed by atoms with van der Waals surface area (Å²) >= 11 is 0. The minimum atomic E-state index is -4.99. The average Bonchev–Trinajstić information content (AvgIpc) is 1.95. The van der Waals surface area contributed by atoms with Crippen molar-refractivity contribution in [3.05, 3.63) is 11.9 Å². The quantitative estimate of drug-likeness (QED) is 0.497. The largest absolute Gasteiger partial charge is 0.363 e. The first-order chi connectivity index (χ1) is 4.80. The van der Waals surface area contributed by atoms with Crippen molar-refractivity contribution in [3.63, 3.8) is 0 Å². The van der Waals surface area contributed by atoms with Crippen molar-refractivity contribution in [2.45, 2.75) is 18.0 Å². The van der Waals surface area contributed by atoms with Crippen molar-refractivity contribution in [1.29, 1.82) is 0 Å². The molecule has 0 aromatic carbocycles. The lowest BCUT2D eigenvalue weighted by molar-refractivity contribution is -0.203. The van der Waals surface area contributed by atoms with Crippen LogP contribution in [0.3, 0.4) is 0 Å². The Morgan fingerprint density at radius 2 is 1.64 bits per heavy atom. The van der Waals surface area contributed by atoms with Crippen LogP contribution in [-0.4, -0.2) is 18.0 Å². The summed E-state index contributed by atoms with van der Waals surface area (Å²) in [5, 5.41) is 0. The Morgan fingerprint density at radius 3 is 1.73 bits per heavy atom. The zero-order chi connectivity index (χ0) is 8.86. The molecule has 1 unspecified atom stereocenters. The fourth-order valence-corrected chi connectivity index (χ4v) is 0.670. The van der Waals surface area contributed by atoms with Gasteiger partial charge in [0.05, 0.1) is 0 Å². The van der Waals surface area contributed by atoms with Crippen LogP contribution in [-0.2, 0) is 0 Å². The number of rotatable bonds is 0. The van der Waals surface area contributed by atoms with Crippen molar-refractivity contribution in [2.75, 3.05) is 0 Å². The third-order valence-electron chi connectivity index (χ3n) is 1.36. The molecule has 0 heterocycles. The smallest absolute Gasteiger partial charge is 0.236 e. The molecule has 1 aliphatic carbocycles. The lowest BCUT2D eigenvalue weighted by Crippen LogP contribution is -2.42. The Morgan fingerprint density at radius 1 is 1.18 bits per heavy atom. The molecule has 1 aliphatic rings. The molecule has 0 saturated heterocycles. The van der Waals surface area contributed by atoms with Crippen LogP contribution in [0.25, 0.3) is 0 Å². The van der Waals surface area contributed by atoms with E-state index < -0.39 is 29.9 Å². The predicted octanol–water partition coefficient (Wildman–Crippen LogP) is 2.46. The minimum absolute atomic E-state index is 0.417. The van der Waals surface area contributed by atoms with Crippen LogP contribution in [0.4, 0.5) is 26.3 Å². The molecule has 0 aliphatic heterocycles. The molecule has 64 valence electrons. The number of hydrogen-bond donors (Lipinski definition) is 0. The van der Waals surface area contributed by atoms with Crippen LogP contribution in [0.1, 0.15) is 0 Å². The van der Waals surface area contributed by atoms with E-state index >= 15 is 0 Å². The van der Waals surface area contributed by atoms with Crippen LogP contribution in [0.5, 0.6) is 0 Å². The van der Waals surface area contributed by atoms with Gasteiger partial charge in [0.25, 0.3) is 0 Å². The second-order valence-electron chi connectivity index (χ2n) is 2.11. The maximum absolute atomic E-state index is 11.9. The van der Waals surface area contributed by atoms with Crippen molar-refractivity contribution in [2.24, 2.45) is 0 Å². The Hall–Kier alpha value is -0.680. The van der Waals surface area contributed by atoms with Crippen LogP contribution in [0.15, 0.2) is 11.9 Å². The standard InChI is InChI=1S/C5H2F6/c6-2-1-3(7)5(10,11)4(2,8)9/h1-2H. The van der Waals surface area contributed by atoms with Gasteiger partial charge in [0.15, 0.2) is 12.0 Å². The fourth-order valence-electron chi connectivity index (χ4n) is 0.670. The molecule has 1 rings (SSSR count). The highest BCUT2D eigenvalue weighted by molar-refractivity contribution is 5.24. The molecular formula is C5H2F6. The maximum Gasteiger partial charge on any atom is 0.363 e. The second kappa shape index (κ2) is 1.92. The molecule has 0 spiro atoms. The van der Waals surface area contributed by atoms with Gasteiger partial charge >= 0.3 is 11.8 Å². The third kappa shape index (κ3) is 0.844. The summed E-state index contributed by atoms with van der Waals surface area (Å²) in [4.78, 5) is 0. The van der Waals surface area contributed by atoms with Crippen molar-refractivity contribution >= 4 is 0 Å². The summed E-state index contributed by atoms with van der Waals surface area (Å²) in [6.45, 7) is 0. The third-order valence-corrected chi connectivity index (χ3v) is 1.36. The van der Waals surface area contributed by atoms with Gasteiger partial charge in [0, 0.05) is 0 Å². The molecule has 0 nitrogen and oxygen atoms in total. The van der Waals surface area contributed by atoms with Gasteiger partial charge in [-0.3, -0.25) is 0 Å². The van der Waals surface area contributed by atoms with Crippen molar-refractivity contribution < 1.29 is 26.3 Å². The fraction of sp³-hybridized carbons (Fsp3) is 0.600. The Bertz CT molecular complexity index is 205. The van der Waals surface area contributed by atoms with Gasteiger partial charge in [0.2, 0.25) is 0 Å². The molecule has 1 atom stereocenters. The van der Waals surface area contributed by atoms with Gasteiger partial charge in [-0.1, -0.05) is 0 Å². The average molecular weight is 176 g/mol. The molecule has 0 saturated carbocycles. The summed E-state index contributed by atoms with van der Waals surface area (Å²) < 4.78 is 71.5. The predicted molar refractivity (Wildman–Crippen MR) is 24.0 cm³/mol. The zero-order valence-electron chi connectivity index (χ0n) is 4.92.